The van der Waals surface area contributed by atoms with Gasteiger partial charge in [0.2, 0.25) is 0 Å². The molecular weight excluding hydrogens is 180 g/mol. The molecule has 0 fully saturated rings. The van der Waals surface area contributed by atoms with Gasteiger partial charge in [0.05, 0.1) is 15.9 Å². The Labute approximate surface area is 80.8 Å². The lowest BCUT2D eigenvalue weighted by Gasteiger charge is -2.11. The molecule has 1 rings (SSSR count). The maximum Gasteiger partial charge on any atom is 0.163 e. The van der Waals surface area contributed by atoms with Crippen molar-refractivity contribution in [3.63, 3.8) is 0 Å². The van der Waals surface area contributed by atoms with Gasteiger partial charge in [-0.3, -0.25) is 0 Å². The summed E-state index contributed by atoms with van der Waals surface area (Å²) in [5.74, 6) is 0.858. The van der Waals surface area contributed by atoms with Crippen molar-refractivity contribution < 1.29 is 9.84 Å². The fourth-order valence-corrected chi connectivity index (χ4v) is 2.46. The Balaban J connectivity index is 3.20. The predicted molar refractivity (Wildman–Crippen MR) is 57.9 cm³/mol. The Kier molecular flexibility index (Phi) is 2.98. The van der Waals surface area contributed by atoms with Gasteiger partial charge in [0.25, 0.3) is 0 Å². The highest BCUT2D eigenvalue weighted by Gasteiger charge is 2.09. The lowest BCUT2D eigenvalue weighted by atomic mass is 10.2. The van der Waals surface area contributed by atoms with Crippen LogP contribution in [0.3, 0.4) is 0 Å². The lowest BCUT2D eigenvalue weighted by Crippen LogP contribution is -2.22. The molecule has 3 heteroatoms. The molecule has 1 N–H and O–H groups in total. The van der Waals surface area contributed by atoms with Crippen LogP contribution in [0.5, 0.6) is 11.5 Å². The van der Waals surface area contributed by atoms with Crippen LogP contribution in [0.25, 0.3) is 0 Å². The summed E-state index contributed by atoms with van der Waals surface area (Å²) in [7, 11) is 0.746. The fraction of sp³-hybridized carbons (Fsp3) is 0.400. The zero-order chi connectivity index (χ0) is 10.0. The summed E-state index contributed by atoms with van der Waals surface area (Å²) < 4.78 is 5.08. The van der Waals surface area contributed by atoms with Gasteiger partial charge < -0.3 is 9.84 Å². The van der Waals surface area contributed by atoms with E-state index in [0.29, 0.717) is 5.75 Å². The van der Waals surface area contributed by atoms with E-state index in [9.17, 15) is 5.11 Å². The third kappa shape index (κ3) is 2.04. The Hall–Kier alpha value is -0.963. The molecular formula is C10H16O2Si. The monoisotopic (exact) mass is 196 g/mol. The van der Waals surface area contributed by atoms with E-state index in [1.807, 2.05) is 13.0 Å². The molecule has 0 aliphatic rings. The number of methoxy groups -OCH3 is 1. The van der Waals surface area contributed by atoms with Crippen molar-refractivity contribution in [2.24, 2.45) is 0 Å². The van der Waals surface area contributed by atoms with E-state index < -0.39 is 8.80 Å². The van der Waals surface area contributed by atoms with Gasteiger partial charge in [-0.2, -0.15) is 0 Å². The second-order valence-electron chi connectivity index (χ2n) is 3.54. The van der Waals surface area contributed by atoms with Crippen LogP contribution in [0, 0.1) is 6.92 Å². The van der Waals surface area contributed by atoms with Gasteiger partial charge in [-0.15, -0.1) is 0 Å². The van der Waals surface area contributed by atoms with Crippen LogP contribution < -0.4 is 9.92 Å². The number of hydrogen-bond acceptors (Lipinski definition) is 2. The Morgan fingerprint density at radius 1 is 1.31 bits per heavy atom. The van der Waals surface area contributed by atoms with E-state index in [1.165, 1.54) is 5.19 Å². The zero-order valence-electron chi connectivity index (χ0n) is 8.59. The maximum atomic E-state index is 9.62. The van der Waals surface area contributed by atoms with Gasteiger partial charge in [0, 0.05) is 0 Å². The van der Waals surface area contributed by atoms with Crippen molar-refractivity contribution in [1.82, 2.24) is 0 Å². The van der Waals surface area contributed by atoms with Crippen LogP contribution in [0.15, 0.2) is 12.1 Å². The molecule has 0 aliphatic carbocycles. The Morgan fingerprint density at radius 2 is 1.92 bits per heavy atom. The topological polar surface area (TPSA) is 29.5 Å². The van der Waals surface area contributed by atoms with Gasteiger partial charge in [0.1, 0.15) is 0 Å². The third-order valence-electron chi connectivity index (χ3n) is 2.15. The number of phenols is 1. The number of benzene rings is 1. The second-order valence-corrected chi connectivity index (χ2v) is 6.52. The summed E-state index contributed by atoms with van der Waals surface area (Å²) in [4.78, 5) is 0. The number of aryl methyl sites for hydroxylation is 1. The van der Waals surface area contributed by atoms with E-state index in [1.54, 1.807) is 7.11 Å². The van der Waals surface area contributed by atoms with E-state index in [-0.39, 0.29) is 5.75 Å². The van der Waals surface area contributed by atoms with Gasteiger partial charge in [0.15, 0.2) is 11.5 Å². The van der Waals surface area contributed by atoms with Crippen LogP contribution in [0.4, 0.5) is 0 Å². The summed E-state index contributed by atoms with van der Waals surface area (Å²) in [5.41, 5.74) is 1.01. The lowest BCUT2D eigenvalue weighted by molar-refractivity contribution is 0.371. The van der Waals surface area contributed by atoms with Crippen molar-refractivity contribution in [3.05, 3.63) is 17.7 Å². The first kappa shape index (κ1) is 10.1. The standard InChI is InChI=1S/C10H16O2Si/c1-7-5-8(13(3)4)6-9(11)10(7)12-2/h5-6,11,13H,1-4H3. The fourth-order valence-electron chi connectivity index (χ4n) is 1.38. The predicted octanol–water partition coefficient (Wildman–Crippen LogP) is 1.40. The molecule has 0 unspecified atom stereocenters. The SMILES string of the molecule is COc1c(C)cc([SiH](C)C)cc1O. The molecule has 0 amide bonds. The second kappa shape index (κ2) is 3.83. The van der Waals surface area contributed by atoms with Crippen LogP contribution in [-0.4, -0.2) is 21.0 Å². The summed E-state index contributed by atoms with van der Waals surface area (Å²) in [5, 5.41) is 10.9. The first-order chi connectivity index (χ1) is 6.06. The third-order valence-corrected chi connectivity index (χ3v) is 3.81. The molecule has 0 saturated heterocycles. The molecule has 0 heterocycles. The van der Waals surface area contributed by atoms with Gasteiger partial charge in [-0.1, -0.05) is 24.3 Å². The number of rotatable bonds is 2. The quantitative estimate of drug-likeness (QED) is 0.725. The van der Waals surface area contributed by atoms with E-state index >= 15 is 0 Å². The molecule has 72 valence electrons. The highest BCUT2D eigenvalue weighted by atomic mass is 28.3. The van der Waals surface area contributed by atoms with Crippen molar-refractivity contribution in [2.75, 3.05) is 7.11 Å². The maximum absolute atomic E-state index is 9.62. The molecule has 0 atom stereocenters. The molecule has 0 spiro atoms. The van der Waals surface area contributed by atoms with Crippen LogP contribution in [0.2, 0.25) is 13.1 Å². The Morgan fingerprint density at radius 3 is 2.31 bits per heavy atom. The van der Waals surface area contributed by atoms with Crippen LogP contribution in [0.1, 0.15) is 5.56 Å². The smallest absolute Gasteiger partial charge is 0.163 e. The van der Waals surface area contributed by atoms with Crippen LogP contribution in [-0.2, 0) is 0 Å². The minimum Gasteiger partial charge on any atom is -0.504 e. The van der Waals surface area contributed by atoms with E-state index in [4.69, 9.17) is 4.74 Å². The molecule has 0 saturated carbocycles. The van der Waals surface area contributed by atoms with Crippen LogP contribution >= 0.6 is 0 Å². The molecule has 0 aromatic heterocycles. The average molecular weight is 196 g/mol. The Bertz CT molecular complexity index is 285. The minimum absolute atomic E-state index is 0.263. The highest BCUT2D eigenvalue weighted by molar-refractivity contribution is 6.70. The number of phenolic OH excluding ortho intramolecular Hbond substituents is 1. The van der Waals surface area contributed by atoms with Gasteiger partial charge in [-0.05, 0) is 18.6 Å². The molecule has 0 radical (unpaired) electrons. The first-order valence-corrected chi connectivity index (χ1v) is 7.32. The molecule has 1 aromatic rings. The average Bonchev–Trinajstić information content (AvgIpc) is 2.03. The molecule has 1 aromatic carbocycles. The summed E-state index contributed by atoms with van der Waals surface area (Å²) in [6.07, 6.45) is 0. The van der Waals surface area contributed by atoms with Gasteiger partial charge >= 0.3 is 0 Å². The summed E-state index contributed by atoms with van der Waals surface area (Å²) >= 11 is 0. The minimum atomic E-state index is -0.832. The molecule has 0 aliphatic heterocycles. The molecule has 0 bridgehead atoms. The van der Waals surface area contributed by atoms with Crippen molar-refractivity contribution in [3.8, 4) is 11.5 Å². The summed E-state index contributed by atoms with van der Waals surface area (Å²) in [6, 6.07) is 3.93. The largest absolute Gasteiger partial charge is 0.504 e. The first-order valence-electron chi connectivity index (χ1n) is 4.43. The number of hydrogen-bond donors (Lipinski definition) is 1. The van der Waals surface area contributed by atoms with Crippen molar-refractivity contribution in [2.45, 2.75) is 20.0 Å². The normalized spacial score (nSPS) is 10.5. The highest BCUT2D eigenvalue weighted by Crippen LogP contribution is 2.27. The summed E-state index contributed by atoms with van der Waals surface area (Å²) in [6.45, 7) is 6.43. The molecule has 13 heavy (non-hydrogen) atoms. The van der Waals surface area contributed by atoms with Crippen molar-refractivity contribution >= 4 is 14.0 Å². The van der Waals surface area contributed by atoms with E-state index in [2.05, 4.69) is 19.2 Å². The zero-order valence-corrected chi connectivity index (χ0v) is 9.74. The van der Waals surface area contributed by atoms with Crippen molar-refractivity contribution in [1.29, 1.82) is 0 Å². The number of aromatic hydroxyl groups is 1. The number of ether oxygens (including phenoxy) is 1. The van der Waals surface area contributed by atoms with Gasteiger partial charge in [-0.25, -0.2) is 0 Å². The molecule has 2 nitrogen and oxygen atoms in total. The van der Waals surface area contributed by atoms with E-state index in [0.717, 1.165) is 5.56 Å².